The van der Waals surface area contributed by atoms with Crippen LogP contribution in [0.2, 0.25) is 0 Å². The Labute approximate surface area is 209 Å². The van der Waals surface area contributed by atoms with E-state index >= 15 is 0 Å². The number of para-hydroxylation sites is 1. The van der Waals surface area contributed by atoms with Gasteiger partial charge >= 0.3 is 0 Å². The van der Waals surface area contributed by atoms with Crippen molar-refractivity contribution in [2.24, 2.45) is 4.99 Å². The molecule has 0 bridgehead atoms. The second-order valence-corrected chi connectivity index (χ2v) is 7.64. The third kappa shape index (κ3) is 6.41. The van der Waals surface area contributed by atoms with Crippen molar-refractivity contribution in [2.75, 3.05) is 18.5 Å². The van der Waals surface area contributed by atoms with E-state index in [0.717, 1.165) is 21.8 Å². The fourth-order valence-corrected chi connectivity index (χ4v) is 3.41. The summed E-state index contributed by atoms with van der Waals surface area (Å²) in [6.45, 7) is 11.5. The highest BCUT2D eigenvalue weighted by Crippen LogP contribution is 2.28. The molecule has 3 rings (SSSR count). The van der Waals surface area contributed by atoms with Crippen molar-refractivity contribution >= 4 is 48.1 Å². The monoisotopic (exact) mass is 483 g/mol. The number of pyridine rings is 1. The minimum absolute atomic E-state index is 0.101. The molecule has 2 aromatic heterocycles. The van der Waals surface area contributed by atoms with Gasteiger partial charge in [0.05, 0.1) is 40.6 Å². The number of aryl methyl sites for hydroxylation is 1. The molecule has 1 aromatic carbocycles. The number of rotatable bonds is 10. The lowest BCUT2D eigenvalue weighted by molar-refractivity contribution is 0.0946. The molecule has 0 saturated heterocycles. The molecule has 0 aliphatic rings. The van der Waals surface area contributed by atoms with Crippen molar-refractivity contribution in [3.05, 3.63) is 88.6 Å². The zero-order chi connectivity index (χ0) is 25.9. The van der Waals surface area contributed by atoms with Gasteiger partial charge < -0.3 is 20.9 Å². The van der Waals surface area contributed by atoms with Crippen molar-refractivity contribution < 1.29 is 9.59 Å². The van der Waals surface area contributed by atoms with E-state index in [1.54, 1.807) is 48.9 Å². The fourth-order valence-electron chi connectivity index (χ4n) is 3.41. The van der Waals surface area contributed by atoms with E-state index in [-0.39, 0.29) is 18.5 Å². The third-order valence-electron chi connectivity index (χ3n) is 5.30. The molecule has 0 saturated carbocycles. The van der Waals surface area contributed by atoms with E-state index in [9.17, 15) is 9.59 Å². The average Bonchev–Trinajstić information content (AvgIpc) is 3.35. The van der Waals surface area contributed by atoms with Gasteiger partial charge in [-0.2, -0.15) is 0 Å². The predicted octanol–water partition coefficient (Wildman–Crippen LogP) is 2.45. The first kappa shape index (κ1) is 25.8. The highest BCUT2D eigenvalue weighted by Gasteiger charge is 2.14. The van der Waals surface area contributed by atoms with Crippen LogP contribution in [0, 0.1) is 6.92 Å². The maximum absolute atomic E-state index is 12.8. The number of aliphatic imine (C=N–C) groups is 1. The summed E-state index contributed by atoms with van der Waals surface area (Å²) in [6.07, 6.45) is 12.3. The van der Waals surface area contributed by atoms with Gasteiger partial charge in [-0.1, -0.05) is 36.9 Å². The molecule has 0 atom stereocenters. The van der Waals surface area contributed by atoms with Crippen LogP contribution in [0.3, 0.4) is 0 Å². The van der Waals surface area contributed by atoms with Gasteiger partial charge in [0.2, 0.25) is 0 Å². The molecule has 0 radical (unpaired) electrons. The number of nitrogens with one attached hydrogen (secondary N) is 4. The standard InChI is InChI=1S/C27H29N7O2/c1-5-7-9-19-14-24(30-15-18(19)3)27(36)34-17-33-23-11-8-10-20(25(23)28-4)26(35)29-13-12-22-21(6-2)31-16-32-22/h5-12,14-16,33H,1,4,13,17H2,2-3H3,(H,29,35)(H,31,32)(H,34,36)/b9-7-,21-6+,22-12+. The summed E-state index contributed by atoms with van der Waals surface area (Å²) in [5, 5.41) is 10.4. The van der Waals surface area contributed by atoms with Crippen molar-refractivity contribution in [2.45, 2.75) is 13.8 Å². The number of benzene rings is 1. The average molecular weight is 484 g/mol. The fraction of sp³-hybridized carbons (Fsp3) is 0.148. The maximum Gasteiger partial charge on any atom is 0.271 e. The molecule has 0 unspecified atom stereocenters. The number of anilines is 1. The van der Waals surface area contributed by atoms with Crippen LogP contribution < -0.4 is 26.6 Å². The van der Waals surface area contributed by atoms with Crippen molar-refractivity contribution in [1.82, 2.24) is 25.6 Å². The summed E-state index contributed by atoms with van der Waals surface area (Å²) >= 11 is 0. The maximum atomic E-state index is 12.8. The minimum Gasteiger partial charge on any atom is -0.366 e. The molecule has 0 aliphatic heterocycles. The highest BCUT2D eigenvalue weighted by molar-refractivity contribution is 6.02. The highest BCUT2D eigenvalue weighted by atomic mass is 16.2. The van der Waals surface area contributed by atoms with Crippen LogP contribution in [0.5, 0.6) is 0 Å². The smallest absolute Gasteiger partial charge is 0.271 e. The van der Waals surface area contributed by atoms with E-state index in [1.807, 2.05) is 32.1 Å². The zero-order valence-electron chi connectivity index (χ0n) is 20.3. The minimum atomic E-state index is -0.337. The lowest BCUT2D eigenvalue weighted by atomic mass is 10.1. The van der Waals surface area contributed by atoms with Crippen LogP contribution in [0.15, 0.2) is 60.5 Å². The molecule has 3 aromatic rings. The molecule has 0 aliphatic carbocycles. The molecule has 0 fully saturated rings. The number of H-pyrrole nitrogens is 1. The third-order valence-corrected chi connectivity index (χ3v) is 5.30. The number of allylic oxidation sites excluding steroid dienone is 2. The van der Waals surface area contributed by atoms with Crippen LogP contribution in [-0.4, -0.2) is 46.7 Å². The topological polar surface area (TPSA) is 124 Å². The molecule has 9 nitrogen and oxygen atoms in total. The number of aromatic nitrogens is 3. The predicted molar refractivity (Wildman–Crippen MR) is 145 cm³/mol. The van der Waals surface area contributed by atoms with Gasteiger partial charge in [0.25, 0.3) is 11.8 Å². The van der Waals surface area contributed by atoms with Crippen LogP contribution >= 0.6 is 0 Å². The Balaban J connectivity index is 1.65. The Bertz CT molecular complexity index is 1420. The van der Waals surface area contributed by atoms with Crippen molar-refractivity contribution in [1.29, 1.82) is 0 Å². The number of aromatic amines is 1. The van der Waals surface area contributed by atoms with E-state index in [2.05, 4.69) is 49.2 Å². The number of hydrogen-bond donors (Lipinski definition) is 4. The van der Waals surface area contributed by atoms with Gasteiger partial charge in [0, 0.05) is 12.7 Å². The molecule has 36 heavy (non-hydrogen) atoms. The van der Waals surface area contributed by atoms with Crippen LogP contribution in [0.25, 0.3) is 18.2 Å². The number of imidazole rings is 1. The molecular weight excluding hydrogens is 454 g/mol. The van der Waals surface area contributed by atoms with Crippen LogP contribution in [0.4, 0.5) is 11.4 Å². The van der Waals surface area contributed by atoms with E-state index < -0.39 is 0 Å². The van der Waals surface area contributed by atoms with Gasteiger partial charge in [-0.25, -0.2) is 4.98 Å². The van der Waals surface area contributed by atoms with Gasteiger partial charge in [-0.3, -0.25) is 19.6 Å². The first-order chi connectivity index (χ1) is 17.5. The first-order valence-corrected chi connectivity index (χ1v) is 11.3. The summed E-state index contributed by atoms with van der Waals surface area (Å²) in [7, 11) is 0. The Morgan fingerprint density at radius 1 is 1.19 bits per heavy atom. The Kier molecular flexibility index (Phi) is 9.05. The largest absolute Gasteiger partial charge is 0.366 e. The van der Waals surface area contributed by atoms with Gasteiger partial charge in [0.1, 0.15) is 5.69 Å². The zero-order valence-corrected chi connectivity index (χ0v) is 20.3. The number of carbonyl (C=O) groups excluding carboxylic acids is 2. The van der Waals surface area contributed by atoms with E-state index in [4.69, 9.17) is 0 Å². The summed E-state index contributed by atoms with van der Waals surface area (Å²) in [4.78, 5) is 40.8. The van der Waals surface area contributed by atoms with Gasteiger partial charge in [0.15, 0.2) is 0 Å². The van der Waals surface area contributed by atoms with E-state index in [1.165, 1.54) is 0 Å². The molecule has 2 heterocycles. The molecule has 4 N–H and O–H groups in total. The normalized spacial score (nSPS) is 11.9. The number of carbonyl (C=O) groups is 2. The summed E-state index contributed by atoms with van der Waals surface area (Å²) in [6, 6.07) is 6.87. The second-order valence-electron chi connectivity index (χ2n) is 7.64. The Morgan fingerprint density at radius 2 is 2.03 bits per heavy atom. The second kappa shape index (κ2) is 12.6. The summed E-state index contributed by atoms with van der Waals surface area (Å²) in [5.74, 6) is -0.636. The quantitative estimate of drug-likeness (QED) is 0.200. The van der Waals surface area contributed by atoms with Gasteiger partial charge in [-0.15, -0.1) is 0 Å². The summed E-state index contributed by atoms with van der Waals surface area (Å²) < 4.78 is 0. The Hall–Kier alpha value is -4.79. The number of hydrogen-bond acceptors (Lipinski definition) is 6. The summed E-state index contributed by atoms with van der Waals surface area (Å²) in [5.41, 5.74) is 3.43. The van der Waals surface area contributed by atoms with Crippen molar-refractivity contribution in [3.63, 3.8) is 0 Å². The molecule has 184 valence electrons. The number of nitrogens with zero attached hydrogens (tertiary/aromatic N) is 3. The number of amides is 2. The SMILES string of the molecule is C=C/C=C\c1cc(C(=O)NCNc2cccc(C(=O)NC/C=c3/[nH]cn/c3=C/C)c2N=C)ncc1C. The molecule has 9 heteroatoms. The van der Waals surface area contributed by atoms with Crippen LogP contribution in [-0.2, 0) is 0 Å². The molecule has 0 spiro atoms. The lowest BCUT2D eigenvalue weighted by Gasteiger charge is -2.13. The lowest BCUT2D eigenvalue weighted by Crippen LogP contribution is -2.30. The van der Waals surface area contributed by atoms with E-state index in [0.29, 0.717) is 29.2 Å². The first-order valence-electron chi connectivity index (χ1n) is 11.3. The van der Waals surface area contributed by atoms with Crippen LogP contribution in [0.1, 0.15) is 38.9 Å². The van der Waals surface area contributed by atoms with Gasteiger partial charge in [-0.05, 0) is 56.0 Å². The molecular formula is C27H29N7O2. The Morgan fingerprint density at radius 3 is 2.78 bits per heavy atom. The van der Waals surface area contributed by atoms with Crippen molar-refractivity contribution in [3.8, 4) is 0 Å². The molecule has 2 amide bonds.